The number of hydrogen-bond donors (Lipinski definition) is 1. The fraction of sp³-hybridized carbons (Fsp3) is 0.769. The van der Waals surface area contributed by atoms with Crippen LogP contribution in [-0.2, 0) is 13.6 Å². The van der Waals surface area contributed by atoms with E-state index in [-0.39, 0.29) is 5.54 Å². The molecule has 0 atom stereocenters. The van der Waals surface area contributed by atoms with Crippen LogP contribution in [0.3, 0.4) is 0 Å². The van der Waals surface area contributed by atoms with Gasteiger partial charge in [0.05, 0.1) is 16.8 Å². The van der Waals surface area contributed by atoms with Crippen LogP contribution >= 0.6 is 0 Å². The monoisotopic (exact) mass is 235 g/mol. The number of nitrogens with one attached hydrogen (secondary N) is 1. The minimum Gasteiger partial charge on any atom is -0.476 e. The van der Waals surface area contributed by atoms with Gasteiger partial charge in [0.1, 0.15) is 6.61 Å². The molecule has 0 saturated heterocycles. The zero-order valence-electron chi connectivity index (χ0n) is 10.8. The lowest BCUT2D eigenvalue weighted by molar-refractivity contribution is 0.138. The predicted octanol–water partition coefficient (Wildman–Crippen LogP) is 1.91. The quantitative estimate of drug-likeness (QED) is 0.746. The Bertz CT molecular complexity index is 388. The molecular formula is C13H21N3O. The Labute approximate surface area is 102 Å². The third kappa shape index (κ3) is 1.84. The van der Waals surface area contributed by atoms with Crippen LogP contribution in [0.25, 0.3) is 0 Å². The predicted molar refractivity (Wildman–Crippen MR) is 66.1 cm³/mol. The van der Waals surface area contributed by atoms with Crippen molar-refractivity contribution in [3.8, 4) is 5.88 Å². The molecule has 1 fully saturated rings. The summed E-state index contributed by atoms with van der Waals surface area (Å²) in [5.41, 5.74) is 2.53. The molecule has 2 aliphatic rings. The second-order valence-corrected chi connectivity index (χ2v) is 5.48. The number of aromatic nitrogens is 2. The van der Waals surface area contributed by atoms with Crippen molar-refractivity contribution in [2.45, 2.75) is 51.1 Å². The first-order chi connectivity index (χ1) is 8.20. The van der Waals surface area contributed by atoms with Crippen molar-refractivity contribution in [1.29, 1.82) is 0 Å². The van der Waals surface area contributed by atoms with Crippen LogP contribution in [0.1, 0.15) is 43.4 Å². The molecule has 1 spiro atoms. The molecule has 4 nitrogen and oxygen atoms in total. The Morgan fingerprint density at radius 3 is 2.82 bits per heavy atom. The van der Waals surface area contributed by atoms with Gasteiger partial charge in [0.2, 0.25) is 5.88 Å². The smallest absolute Gasteiger partial charge is 0.216 e. The third-order valence-corrected chi connectivity index (χ3v) is 4.22. The van der Waals surface area contributed by atoms with Gasteiger partial charge in [0, 0.05) is 13.6 Å². The molecule has 1 N–H and O–H groups in total. The molecule has 2 heterocycles. The van der Waals surface area contributed by atoms with Gasteiger partial charge in [0.25, 0.3) is 0 Å². The Morgan fingerprint density at radius 2 is 2.06 bits per heavy atom. The fourth-order valence-electron chi connectivity index (χ4n) is 3.15. The first kappa shape index (κ1) is 11.1. The summed E-state index contributed by atoms with van der Waals surface area (Å²) in [6.45, 7) is 3.75. The first-order valence-electron chi connectivity index (χ1n) is 6.60. The van der Waals surface area contributed by atoms with Gasteiger partial charge in [-0.15, -0.1) is 0 Å². The third-order valence-electron chi connectivity index (χ3n) is 4.22. The van der Waals surface area contributed by atoms with E-state index in [0.29, 0.717) is 0 Å². The zero-order chi connectivity index (χ0) is 11.9. The van der Waals surface area contributed by atoms with Crippen molar-refractivity contribution < 1.29 is 4.74 Å². The molecule has 4 heteroatoms. The van der Waals surface area contributed by atoms with Gasteiger partial charge < -0.3 is 10.1 Å². The Morgan fingerprint density at radius 1 is 1.29 bits per heavy atom. The van der Waals surface area contributed by atoms with Gasteiger partial charge >= 0.3 is 0 Å². The lowest BCUT2D eigenvalue weighted by atomic mass is 9.82. The average Bonchev–Trinajstić information content (AvgIpc) is 2.49. The van der Waals surface area contributed by atoms with E-state index in [1.165, 1.54) is 37.7 Å². The van der Waals surface area contributed by atoms with Crippen LogP contribution in [0.15, 0.2) is 0 Å². The molecular weight excluding hydrogens is 214 g/mol. The van der Waals surface area contributed by atoms with Crippen molar-refractivity contribution in [2.75, 3.05) is 6.61 Å². The second kappa shape index (κ2) is 4.02. The maximum atomic E-state index is 6.03. The van der Waals surface area contributed by atoms with Gasteiger partial charge in [-0.05, 0) is 19.8 Å². The highest BCUT2D eigenvalue weighted by Gasteiger charge is 2.35. The Hall–Kier alpha value is -1.03. The molecule has 0 bridgehead atoms. The van der Waals surface area contributed by atoms with E-state index in [1.807, 2.05) is 11.7 Å². The number of nitrogens with zero attached hydrogens (tertiary/aromatic N) is 2. The fourth-order valence-corrected chi connectivity index (χ4v) is 3.15. The minimum absolute atomic E-state index is 0.212. The highest BCUT2D eigenvalue weighted by atomic mass is 16.5. The van der Waals surface area contributed by atoms with Gasteiger partial charge in [-0.25, -0.2) is 4.68 Å². The van der Waals surface area contributed by atoms with Crippen molar-refractivity contribution in [3.63, 3.8) is 0 Å². The van der Waals surface area contributed by atoms with E-state index in [0.717, 1.165) is 24.7 Å². The van der Waals surface area contributed by atoms with Crippen LogP contribution in [0.2, 0.25) is 0 Å². The molecule has 0 unspecified atom stereocenters. The molecule has 0 amide bonds. The summed E-state index contributed by atoms with van der Waals surface area (Å²) in [6.07, 6.45) is 6.51. The van der Waals surface area contributed by atoms with Crippen LogP contribution in [0.5, 0.6) is 5.88 Å². The Kier molecular flexibility index (Phi) is 2.62. The molecule has 17 heavy (non-hydrogen) atoms. The van der Waals surface area contributed by atoms with Crippen molar-refractivity contribution >= 4 is 0 Å². The van der Waals surface area contributed by atoms with E-state index in [4.69, 9.17) is 4.74 Å². The lowest BCUT2D eigenvalue weighted by Crippen LogP contribution is -2.49. The molecule has 94 valence electrons. The molecule has 1 saturated carbocycles. The molecule has 3 rings (SSSR count). The van der Waals surface area contributed by atoms with E-state index >= 15 is 0 Å². The van der Waals surface area contributed by atoms with Crippen molar-refractivity contribution in [3.05, 3.63) is 11.3 Å². The van der Waals surface area contributed by atoms with Crippen LogP contribution in [-0.4, -0.2) is 21.9 Å². The van der Waals surface area contributed by atoms with Crippen molar-refractivity contribution in [1.82, 2.24) is 15.1 Å². The van der Waals surface area contributed by atoms with Crippen molar-refractivity contribution in [2.24, 2.45) is 7.05 Å². The maximum absolute atomic E-state index is 6.03. The summed E-state index contributed by atoms with van der Waals surface area (Å²) in [5.74, 6) is 0.956. The topological polar surface area (TPSA) is 39.1 Å². The summed E-state index contributed by atoms with van der Waals surface area (Å²) in [6, 6.07) is 0. The molecule has 1 aromatic heterocycles. The number of ether oxygens (including phenoxy) is 1. The molecule has 1 aromatic rings. The molecule has 1 aliphatic heterocycles. The van der Waals surface area contributed by atoms with E-state index in [1.54, 1.807) is 0 Å². The summed E-state index contributed by atoms with van der Waals surface area (Å²) >= 11 is 0. The molecule has 0 radical (unpaired) electrons. The van der Waals surface area contributed by atoms with Gasteiger partial charge in [-0.1, -0.05) is 19.3 Å². The number of hydrogen-bond acceptors (Lipinski definition) is 3. The normalized spacial score (nSPS) is 22.9. The molecule has 1 aliphatic carbocycles. The maximum Gasteiger partial charge on any atom is 0.216 e. The minimum atomic E-state index is 0.212. The van der Waals surface area contributed by atoms with Crippen LogP contribution in [0, 0.1) is 6.92 Å². The van der Waals surface area contributed by atoms with Crippen LogP contribution < -0.4 is 10.1 Å². The van der Waals surface area contributed by atoms with Gasteiger partial charge in [0.15, 0.2) is 0 Å². The van der Waals surface area contributed by atoms with E-state index in [2.05, 4.69) is 17.3 Å². The highest BCUT2D eigenvalue weighted by molar-refractivity contribution is 5.32. The lowest BCUT2D eigenvalue weighted by Gasteiger charge is -2.36. The van der Waals surface area contributed by atoms with Gasteiger partial charge in [-0.3, -0.25) is 0 Å². The zero-order valence-corrected chi connectivity index (χ0v) is 10.8. The van der Waals surface area contributed by atoms with Crippen LogP contribution in [0.4, 0.5) is 0 Å². The summed E-state index contributed by atoms with van der Waals surface area (Å²) in [7, 11) is 1.96. The summed E-state index contributed by atoms with van der Waals surface area (Å²) in [4.78, 5) is 0. The van der Waals surface area contributed by atoms with Gasteiger partial charge in [-0.2, -0.15) is 5.10 Å². The standard InChI is InChI=1S/C13H21N3O/c1-10-11-8-14-13(6-4-3-5-7-13)9-17-12(11)16(2)15-10/h14H,3-9H2,1-2H3. The SMILES string of the molecule is Cc1nn(C)c2c1CNC1(CCCCC1)CO2. The summed E-state index contributed by atoms with van der Waals surface area (Å²) in [5, 5.41) is 8.15. The summed E-state index contributed by atoms with van der Waals surface area (Å²) < 4.78 is 7.90. The largest absolute Gasteiger partial charge is 0.476 e. The Balaban J connectivity index is 1.85. The highest BCUT2D eigenvalue weighted by Crippen LogP contribution is 2.33. The van der Waals surface area contributed by atoms with E-state index < -0.39 is 0 Å². The molecule has 0 aromatic carbocycles. The number of rotatable bonds is 0. The second-order valence-electron chi connectivity index (χ2n) is 5.48. The average molecular weight is 235 g/mol. The van der Waals surface area contributed by atoms with E-state index in [9.17, 15) is 0 Å². The number of aryl methyl sites for hydroxylation is 2. The first-order valence-corrected chi connectivity index (χ1v) is 6.60. The number of fused-ring (bicyclic) bond motifs is 1.